The van der Waals surface area contributed by atoms with E-state index in [1.807, 2.05) is 54.0 Å². The van der Waals surface area contributed by atoms with Gasteiger partial charge in [0.25, 0.3) is 5.91 Å². The lowest BCUT2D eigenvalue weighted by molar-refractivity contribution is 0.0696. The Morgan fingerprint density at radius 2 is 1.43 bits per heavy atom. The molecule has 5 rings (SSSR count). The molecular formula is C28H26Cl2N4O3. The smallest absolute Gasteiger partial charge is 0.335 e. The Kier molecular flexibility index (Phi) is 7.00. The number of halogens is 2. The van der Waals surface area contributed by atoms with Crippen LogP contribution in [0.4, 0.5) is 17.1 Å². The van der Waals surface area contributed by atoms with Crippen LogP contribution >= 0.6 is 23.2 Å². The Morgan fingerprint density at radius 3 is 1.97 bits per heavy atom. The summed E-state index contributed by atoms with van der Waals surface area (Å²) in [5.41, 5.74) is 4.51. The van der Waals surface area contributed by atoms with Gasteiger partial charge in [-0.2, -0.15) is 0 Å². The molecule has 1 aromatic heterocycles. The number of nitrogens with zero attached hydrogens (tertiary/aromatic N) is 3. The van der Waals surface area contributed by atoms with E-state index in [9.17, 15) is 9.59 Å². The second-order valence-electron chi connectivity index (χ2n) is 8.90. The standard InChI is InChI=1S/C28H26Cl2N4O3/c1-2-34-24-12-11-23(29)26(30)22(24)17-25(34)27(35)31-19-5-9-21(10-6-19)33-15-13-32(14-16-33)20-7-3-18(4-8-20)28(36)37/h3-12,17H,2,13-16H2,1H3,(H,31,35)(H,36,37). The highest BCUT2D eigenvalue weighted by Gasteiger charge is 2.20. The molecule has 7 nitrogen and oxygen atoms in total. The first-order valence-electron chi connectivity index (χ1n) is 12.1. The molecule has 9 heteroatoms. The van der Waals surface area contributed by atoms with E-state index in [1.165, 1.54) is 0 Å². The van der Waals surface area contributed by atoms with Gasteiger partial charge < -0.3 is 24.8 Å². The SMILES string of the molecule is CCn1c(C(=O)Nc2ccc(N3CCN(c4ccc(C(=O)O)cc4)CC3)cc2)cc2c(Cl)c(Cl)ccc21. The fraction of sp³-hybridized carbons (Fsp3) is 0.214. The molecule has 0 radical (unpaired) electrons. The maximum absolute atomic E-state index is 13.1. The van der Waals surface area contributed by atoms with Crippen molar-refractivity contribution >= 4 is 63.0 Å². The minimum Gasteiger partial charge on any atom is -0.478 e. The Balaban J connectivity index is 1.23. The summed E-state index contributed by atoms with van der Waals surface area (Å²) < 4.78 is 1.93. The molecule has 0 spiro atoms. The van der Waals surface area contributed by atoms with Crippen LogP contribution in [0.25, 0.3) is 10.9 Å². The number of benzene rings is 3. The number of amides is 1. The van der Waals surface area contributed by atoms with Gasteiger partial charge in [0, 0.05) is 55.2 Å². The molecule has 1 aliphatic rings. The summed E-state index contributed by atoms with van der Waals surface area (Å²) >= 11 is 12.5. The molecule has 1 amide bonds. The number of carbonyl (C=O) groups excluding carboxylic acids is 1. The van der Waals surface area contributed by atoms with Crippen molar-refractivity contribution in [2.24, 2.45) is 0 Å². The number of carboxylic acids is 1. The van der Waals surface area contributed by atoms with Crippen LogP contribution in [0.1, 0.15) is 27.8 Å². The number of aromatic carboxylic acids is 1. The molecule has 3 aromatic carbocycles. The van der Waals surface area contributed by atoms with Crippen LogP contribution in [0.5, 0.6) is 0 Å². The van der Waals surface area contributed by atoms with Gasteiger partial charge in [-0.1, -0.05) is 23.2 Å². The number of carbonyl (C=O) groups is 2. The van der Waals surface area contributed by atoms with E-state index in [2.05, 4.69) is 15.1 Å². The average molecular weight is 537 g/mol. The summed E-state index contributed by atoms with van der Waals surface area (Å²) in [5.74, 6) is -1.13. The van der Waals surface area contributed by atoms with Gasteiger partial charge in [-0.3, -0.25) is 4.79 Å². The number of aromatic nitrogens is 1. The summed E-state index contributed by atoms with van der Waals surface area (Å²) in [6.45, 7) is 5.95. The van der Waals surface area contributed by atoms with Gasteiger partial charge in [0.2, 0.25) is 0 Å². The van der Waals surface area contributed by atoms with E-state index < -0.39 is 5.97 Å². The van der Waals surface area contributed by atoms with Crippen LogP contribution in [0, 0.1) is 0 Å². The van der Waals surface area contributed by atoms with E-state index in [4.69, 9.17) is 28.3 Å². The molecule has 1 aliphatic heterocycles. The minimum atomic E-state index is -0.918. The fourth-order valence-electron chi connectivity index (χ4n) is 4.79. The van der Waals surface area contributed by atoms with Gasteiger partial charge in [0.1, 0.15) is 5.69 Å². The molecule has 0 bridgehead atoms. The van der Waals surface area contributed by atoms with Gasteiger partial charge in [0.15, 0.2) is 0 Å². The van der Waals surface area contributed by atoms with E-state index in [-0.39, 0.29) is 5.91 Å². The first-order valence-corrected chi connectivity index (χ1v) is 12.8. The van der Waals surface area contributed by atoms with Crippen LogP contribution < -0.4 is 15.1 Å². The zero-order valence-electron chi connectivity index (χ0n) is 20.2. The van der Waals surface area contributed by atoms with Crippen molar-refractivity contribution in [3.63, 3.8) is 0 Å². The largest absolute Gasteiger partial charge is 0.478 e. The Labute approximate surface area is 224 Å². The van der Waals surface area contributed by atoms with Gasteiger partial charge in [0.05, 0.1) is 21.1 Å². The van der Waals surface area contributed by atoms with Crippen LogP contribution in [0.2, 0.25) is 10.0 Å². The molecule has 2 heterocycles. The van der Waals surface area contributed by atoms with E-state index in [1.54, 1.807) is 24.3 Å². The highest BCUT2D eigenvalue weighted by atomic mass is 35.5. The Hall–Kier alpha value is -3.68. The van der Waals surface area contributed by atoms with Gasteiger partial charge in [-0.15, -0.1) is 0 Å². The highest BCUT2D eigenvalue weighted by molar-refractivity contribution is 6.45. The zero-order chi connectivity index (χ0) is 26.1. The topological polar surface area (TPSA) is 77.8 Å². The summed E-state index contributed by atoms with van der Waals surface area (Å²) in [6.07, 6.45) is 0. The molecule has 1 fully saturated rings. The highest BCUT2D eigenvalue weighted by Crippen LogP contribution is 2.33. The number of carboxylic acid groups (broad SMARTS) is 1. The maximum atomic E-state index is 13.1. The number of fused-ring (bicyclic) bond motifs is 1. The van der Waals surface area contributed by atoms with Gasteiger partial charge >= 0.3 is 5.97 Å². The van der Waals surface area contributed by atoms with Gasteiger partial charge in [-0.25, -0.2) is 4.79 Å². The first kappa shape index (κ1) is 25.0. The van der Waals surface area contributed by atoms with Crippen molar-refractivity contribution in [1.29, 1.82) is 0 Å². The second kappa shape index (κ2) is 10.4. The third-order valence-electron chi connectivity index (χ3n) is 6.77. The van der Waals surface area contributed by atoms with Crippen LogP contribution in [-0.2, 0) is 6.54 Å². The van der Waals surface area contributed by atoms with Crippen molar-refractivity contribution in [1.82, 2.24) is 4.57 Å². The summed E-state index contributed by atoms with van der Waals surface area (Å²) in [7, 11) is 0. The van der Waals surface area contributed by atoms with Crippen molar-refractivity contribution in [3.8, 4) is 0 Å². The minimum absolute atomic E-state index is 0.208. The molecule has 0 aliphatic carbocycles. The quantitative estimate of drug-likeness (QED) is 0.304. The third kappa shape index (κ3) is 4.97. The number of rotatable bonds is 6. The third-order valence-corrected chi connectivity index (χ3v) is 7.59. The monoisotopic (exact) mass is 536 g/mol. The Morgan fingerprint density at radius 1 is 0.865 bits per heavy atom. The molecular weight excluding hydrogens is 511 g/mol. The number of piperazine rings is 1. The van der Waals surface area contributed by atoms with E-state index in [0.29, 0.717) is 33.5 Å². The predicted octanol–water partition coefficient (Wildman–Crippen LogP) is 6.25. The lowest BCUT2D eigenvalue weighted by Gasteiger charge is -2.37. The van der Waals surface area contributed by atoms with Crippen LogP contribution in [-0.4, -0.2) is 47.7 Å². The lowest BCUT2D eigenvalue weighted by Crippen LogP contribution is -2.46. The number of aryl methyl sites for hydroxylation is 1. The van der Waals surface area contributed by atoms with Crippen LogP contribution in [0.3, 0.4) is 0 Å². The second-order valence-corrected chi connectivity index (χ2v) is 9.68. The van der Waals surface area contributed by atoms with E-state index >= 15 is 0 Å². The number of nitrogens with one attached hydrogen (secondary N) is 1. The van der Waals surface area contributed by atoms with Crippen molar-refractivity contribution in [2.45, 2.75) is 13.5 Å². The lowest BCUT2D eigenvalue weighted by atomic mass is 10.1. The normalized spacial score (nSPS) is 13.7. The average Bonchev–Trinajstić information content (AvgIpc) is 3.31. The summed E-state index contributed by atoms with van der Waals surface area (Å²) in [4.78, 5) is 28.8. The number of anilines is 3. The van der Waals surface area contributed by atoms with Crippen molar-refractivity contribution in [2.75, 3.05) is 41.3 Å². The molecule has 2 N–H and O–H groups in total. The van der Waals surface area contributed by atoms with Crippen molar-refractivity contribution in [3.05, 3.63) is 88.0 Å². The summed E-state index contributed by atoms with van der Waals surface area (Å²) in [5, 5.41) is 13.8. The molecule has 1 saturated heterocycles. The van der Waals surface area contributed by atoms with E-state index in [0.717, 1.165) is 48.5 Å². The van der Waals surface area contributed by atoms with Crippen LogP contribution in [0.15, 0.2) is 66.7 Å². The number of hydrogen-bond donors (Lipinski definition) is 2. The first-order chi connectivity index (χ1) is 17.9. The Bertz CT molecular complexity index is 1460. The molecule has 0 saturated carbocycles. The van der Waals surface area contributed by atoms with Gasteiger partial charge in [-0.05, 0) is 73.7 Å². The molecule has 37 heavy (non-hydrogen) atoms. The molecule has 0 unspecified atom stereocenters. The molecule has 4 aromatic rings. The summed E-state index contributed by atoms with van der Waals surface area (Å²) in [6, 6.07) is 20.2. The number of hydrogen-bond acceptors (Lipinski definition) is 4. The maximum Gasteiger partial charge on any atom is 0.335 e. The molecule has 190 valence electrons. The predicted molar refractivity (Wildman–Crippen MR) is 150 cm³/mol. The molecule has 0 atom stereocenters. The van der Waals surface area contributed by atoms with Crippen molar-refractivity contribution < 1.29 is 14.7 Å². The fourth-order valence-corrected chi connectivity index (χ4v) is 5.17. The zero-order valence-corrected chi connectivity index (χ0v) is 21.8.